The van der Waals surface area contributed by atoms with Crippen LogP contribution in [0.3, 0.4) is 0 Å². The number of aromatic hydroxyl groups is 1. The molecule has 2 rings (SSSR count). The Hall–Kier alpha value is -2.71. The number of aliphatic carboxylic acids is 2. The van der Waals surface area contributed by atoms with E-state index in [1.54, 1.807) is 18.2 Å². The maximum Gasteiger partial charge on any atom is 0.317 e. The lowest BCUT2D eigenvalue weighted by Crippen LogP contribution is -3.00. The van der Waals surface area contributed by atoms with Crippen LogP contribution in [0.4, 0.5) is 0 Å². The van der Waals surface area contributed by atoms with Gasteiger partial charge in [-0.3, -0.25) is 14.5 Å². The number of pyridine rings is 1. The number of unbranched alkanes of at least 4 members (excludes halogenated alkanes) is 8. The zero-order chi connectivity index (χ0) is 26.2. The molecular weight excluding hydrogens is 536 g/mol. The summed E-state index contributed by atoms with van der Waals surface area (Å²) in [5, 5.41) is 28.2. The van der Waals surface area contributed by atoms with Gasteiger partial charge in [-0.1, -0.05) is 70.1 Å². The van der Waals surface area contributed by atoms with Gasteiger partial charge >= 0.3 is 11.9 Å². The minimum Gasteiger partial charge on any atom is -1.00 e. The quantitative estimate of drug-likeness (QED) is 0.186. The topological polar surface area (TPSA) is 102 Å². The molecule has 0 unspecified atom stereocenters. The fourth-order valence-electron chi connectivity index (χ4n) is 4.15. The van der Waals surface area contributed by atoms with E-state index in [1.165, 1.54) is 62.7 Å². The predicted octanol–water partition coefficient (Wildman–Crippen LogP) is 2.36. The molecule has 0 amide bonds. The Kier molecular flexibility index (Phi) is 16.2. The summed E-state index contributed by atoms with van der Waals surface area (Å²) < 4.78 is 2.21. The van der Waals surface area contributed by atoms with E-state index in [9.17, 15) is 14.7 Å². The van der Waals surface area contributed by atoms with Crippen molar-refractivity contribution in [2.24, 2.45) is 0 Å². The van der Waals surface area contributed by atoms with E-state index in [0.717, 1.165) is 17.7 Å². The maximum absolute atomic E-state index is 11.0. The molecule has 0 saturated heterocycles. The number of carboxylic acids is 2. The third kappa shape index (κ3) is 14.0. The van der Waals surface area contributed by atoms with Gasteiger partial charge < -0.3 is 32.3 Å². The molecule has 7 nitrogen and oxygen atoms in total. The number of aromatic nitrogens is 1. The second-order valence-electron chi connectivity index (χ2n) is 9.35. The molecule has 0 aliphatic heterocycles. The van der Waals surface area contributed by atoms with Gasteiger partial charge in [0.25, 0.3) is 0 Å². The summed E-state index contributed by atoms with van der Waals surface area (Å²) in [7, 11) is 0. The van der Waals surface area contributed by atoms with Gasteiger partial charge in [-0.2, -0.15) is 0 Å². The van der Waals surface area contributed by atoms with Crippen molar-refractivity contribution in [3.8, 4) is 5.75 Å². The highest BCUT2D eigenvalue weighted by Crippen LogP contribution is 2.22. The van der Waals surface area contributed by atoms with E-state index in [0.29, 0.717) is 5.56 Å². The lowest BCUT2D eigenvalue weighted by atomic mass is 10.1. The van der Waals surface area contributed by atoms with E-state index in [2.05, 4.69) is 36.0 Å². The van der Waals surface area contributed by atoms with Gasteiger partial charge in [0.15, 0.2) is 12.4 Å². The van der Waals surface area contributed by atoms with Crippen molar-refractivity contribution < 1.29 is 46.5 Å². The molecule has 3 N–H and O–H groups in total. The fourth-order valence-corrected chi connectivity index (χ4v) is 4.15. The molecule has 0 bridgehead atoms. The van der Waals surface area contributed by atoms with Crippen molar-refractivity contribution >= 4 is 24.1 Å². The van der Waals surface area contributed by atoms with Crippen LogP contribution in [0.2, 0.25) is 0 Å². The predicted molar refractivity (Wildman–Crippen MR) is 141 cm³/mol. The summed E-state index contributed by atoms with van der Waals surface area (Å²) in [5.74, 6) is -2.23. The van der Waals surface area contributed by atoms with Crippen LogP contribution in [-0.2, 0) is 22.7 Å². The van der Waals surface area contributed by atoms with Gasteiger partial charge in [0, 0.05) is 30.7 Å². The number of hydrogen-bond donors (Lipinski definition) is 3. The van der Waals surface area contributed by atoms with Crippen molar-refractivity contribution in [2.75, 3.05) is 13.1 Å². The Morgan fingerprint density at radius 3 is 1.92 bits per heavy atom. The molecule has 204 valence electrons. The molecule has 1 heterocycles. The van der Waals surface area contributed by atoms with Crippen LogP contribution < -0.4 is 21.5 Å². The van der Waals surface area contributed by atoms with E-state index in [-0.39, 0.29) is 29.3 Å². The minimum atomic E-state index is -1.12. The Bertz CT molecular complexity index is 963. The van der Waals surface area contributed by atoms with Gasteiger partial charge in [0.1, 0.15) is 12.3 Å². The van der Waals surface area contributed by atoms with Gasteiger partial charge in [-0.25, -0.2) is 4.57 Å². The minimum absolute atomic E-state index is 0. The fraction of sp³-hybridized carbons (Fsp3) is 0.483. The number of phenols is 1. The Balaban J connectivity index is 0.00000684. The Morgan fingerprint density at radius 2 is 1.35 bits per heavy atom. The Morgan fingerprint density at radius 1 is 0.811 bits per heavy atom. The lowest BCUT2D eigenvalue weighted by Gasteiger charge is -2.18. The first kappa shape index (κ1) is 32.3. The number of hydrogen-bond acceptors (Lipinski definition) is 4. The first-order chi connectivity index (χ1) is 17.4. The summed E-state index contributed by atoms with van der Waals surface area (Å²) >= 11 is 0. The normalized spacial score (nSPS) is 11.1. The zero-order valence-corrected chi connectivity index (χ0v) is 23.4. The first-order valence-electron chi connectivity index (χ1n) is 13.0. The summed E-state index contributed by atoms with van der Waals surface area (Å²) in [5.41, 5.74) is 2.36. The third-order valence-corrected chi connectivity index (χ3v) is 6.12. The largest absolute Gasteiger partial charge is 1.00 e. The second kappa shape index (κ2) is 18.5. The average Bonchev–Trinajstić information content (AvgIpc) is 2.83. The molecule has 0 atom stereocenters. The number of phenolic OH excluding ortho intramolecular Hbond substituents is 1. The molecular formula is C29H41BrN2O5. The third-order valence-electron chi connectivity index (χ3n) is 6.12. The van der Waals surface area contributed by atoms with Crippen molar-refractivity contribution in [3.05, 3.63) is 59.4 Å². The summed E-state index contributed by atoms with van der Waals surface area (Å²) in [4.78, 5) is 23.4. The van der Waals surface area contributed by atoms with E-state index in [4.69, 9.17) is 10.2 Å². The van der Waals surface area contributed by atoms with Crippen LogP contribution in [0.25, 0.3) is 12.2 Å². The van der Waals surface area contributed by atoms with E-state index >= 15 is 0 Å². The highest BCUT2D eigenvalue weighted by atomic mass is 79.9. The molecule has 0 saturated carbocycles. The van der Waals surface area contributed by atoms with Crippen LogP contribution >= 0.6 is 0 Å². The number of benzene rings is 1. The standard InChI is InChI=1S/C29H40N2O5.BrH/c1-2-3-4-5-6-7-8-9-10-17-30-18-15-24(16-19-30)11-12-25-13-14-27(32)26(20-25)21-31(22-28(33)34)23-29(35)36;/h11-16,18-20H,2-10,17,21-23H2,1H3,(H2,33,34,35,36);1H. The van der Waals surface area contributed by atoms with Gasteiger partial charge in [0.2, 0.25) is 0 Å². The number of halogens is 1. The van der Waals surface area contributed by atoms with Gasteiger partial charge in [-0.15, -0.1) is 0 Å². The van der Waals surface area contributed by atoms with Gasteiger partial charge in [0.05, 0.1) is 13.1 Å². The molecule has 2 aromatic rings. The number of rotatable bonds is 18. The van der Waals surface area contributed by atoms with Crippen LogP contribution in [0.5, 0.6) is 5.75 Å². The van der Waals surface area contributed by atoms with Crippen LogP contribution in [0.15, 0.2) is 42.7 Å². The molecule has 0 aliphatic carbocycles. The lowest BCUT2D eigenvalue weighted by molar-refractivity contribution is -0.697. The zero-order valence-electron chi connectivity index (χ0n) is 21.8. The average molecular weight is 578 g/mol. The summed E-state index contributed by atoms with van der Waals surface area (Å²) in [6.07, 6.45) is 19.9. The number of carbonyl (C=O) groups is 2. The van der Waals surface area contributed by atoms with E-state index in [1.807, 2.05) is 12.2 Å². The van der Waals surface area contributed by atoms with Crippen LogP contribution in [0, 0.1) is 0 Å². The molecule has 1 aromatic heterocycles. The molecule has 0 fully saturated rings. The van der Waals surface area contributed by atoms with Crippen LogP contribution in [0.1, 0.15) is 81.4 Å². The summed E-state index contributed by atoms with van der Waals surface area (Å²) in [6.45, 7) is 2.45. The molecule has 0 aliphatic rings. The second-order valence-corrected chi connectivity index (χ2v) is 9.35. The van der Waals surface area contributed by atoms with E-state index < -0.39 is 25.0 Å². The van der Waals surface area contributed by atoms with Crippen molar-refractivity contribution in [2.45, 2.75) is 77.8 Å². The Labute approximate surface area is 231 Å². The van der Waals surface area contributed by atoms with Crippen molar-refractivity contribution in [1.82, 2.24) is 4.90 Å². The van der Waals surface area contributed by atoms with Gasteiger partial charge in [-0.05, 0) is 29.7 Å². The highest BCUT2D eigenvalue weighted by Gasteiger charge is 2.16. The van der Waals surface area contributed by atoms with Crippen molar-refractivity contribution in [3.63, 3.8) is 0 Å². The molecule has 0 radical (unpaired) electrons. The number of carboxylic acid groups (broad SMARTS) is 2. The number of aryl methyl sites for hydroxylation is 1. The SMILES string of the molecule is CCCCCCCCCCC[n+]1ccc(/C=C/c2ccc(O)c(CN(CC(=O)O)CC(=O)O)c2)cc1.[Br-]. The smallest absolute Gasteiger partial charge is 0.317 e. The van der Waals surface area contributed by atoms with Crippen molar-refractivity contribution in [1.29, 1.82) is 0 Å². The maximum atomic E-state index is 11.0. The van der Waals surface area contributed by atoms with Crippen LogP contribution in [-0.4, -0.2) is 45.2 Å². The first-order valence-corrected chi connectivity index (χ1v) is 13.0. The molecule has 1 aromatic carbocycles. The monoisotopic (exact) mass is 576 g/mol. The summed E-state index contributed by atoms with van der Waals surface area (Å²) in [6, 6.07) is 9.18. The molecule has 8 heteroatoms. The molecule has 37 heavy (non-hydrogen) atoms. The molecule has 0 spiro atoms. The highest BCUT2D eigenvalue weighted by molar-refractivity contribution is 5.73. The number of nitrogens with zero attached hydrogens (tertiary/aromatic N) is 2.